The molecule has 1 amide bonds. The van der Waals surface area contributed by atoms with Crippen LogP contribution >= 0.6 is 11.7 Å². The van der Waals surface area contributed by atoms with Crippen LogP contribution in [0, 0.1) is 6.92 Å². The van der Waals surface area contributed by atoms with E-state index in [-0.39, 0.29) is 5.91 Å². The lowest BCUT2D eigenvalue weighted by Gasteiger charge is -2.37. The SMILES string of the molecule is COc1nc(NC(=O)c2ccc(N3C[C@@H](C)N[C@@H](C)C3)c3nsnc23)cn2cc(C)nc12. The summed E-state index contributed by atoms with van der Waals surface area (Å²) >= 11 is 1.11. The number of carbonyl (C=O) groups excluding carboxylic acids is 1. The van der Waals surface area contributed by atoms with Crippen molar-refractivity contribution in [2.24, 2.45) is 0 Å². The molecule has 1 fully saturated rings. The number of ether oxygens (including phenoxy) is 1. The molecule has 3 aromatic heterocycles. The van der Waals surface area contributed by atoms with Crippen LogP contribution in [0.4, 0.5) is 11.5 Å². The number of nitrogens with zero attached hydrogens (tertiary/aromatic N) is 6. The average Bonchev–Trinajstić information content (AvgIpc) is 3.37. The third-order valence-electron chi connectivity index (χ3n) is 5.50. The Morgan fingerprint density at radius 3 is 2.66 bits per heavy atom. The Bertz CT molecular complexity index is 1310. The fourth-order valence-electron chi connectivity index (χ4n) is 4.29. The van der Waals surface area contributed by atoms with Gasteiger partial charge in [0.25, 0.3) is 11.8 Å². The van der Waals surface area contributed by atoms with E-state index in [1.54, 1.807) is 10.6 Å². The second kappa shape index (κ2) is 7.99. The molecule has 0 spiro atoms. The van der Waals surface area contributed by atoms with Gasteiger partial charge in [-0.2, -0.15) is 13.7 Å². The molecule has 1 saturated heterocycles. The van der Waals surface area contributed by atoms with Gasteiger partial charge >= 0.3 is 0 Å². The molecule has 1 aromatic carbocycles. The largest absolute Gasteiger partial charge is 0.478 e. The Labute approximate surface area is 189 Å². The number of anilines is 2. The van der Waals surface area contributed by atoms with Gasteiger partial charge in [-0.25, -0.2) is 4.98 Å². The highest BCUT2D eigenvalue weighted by Gasteiger charge is 2.25. The van der Waals surface area contributed by atoms with Crippen LogP contribution < -0.4 is 20.3 Å². The van der Waals surface area contributed by atoms with Crippen LogP contribution in [-0.4, -0.2) is 61.3 Å². The van der Waals surface area contributed by atoms with Crippen molar-refractivity contribution in [1.82, 2.24) is 28.4 Å². The first-order chi connectivity index (χ1) is 15.4. The Morgan fingerprint density at radius 2 is 1.91 bits per heavy atom. The van der Waals surface area contributed by atoms with Gasteiger partial charge in [-0.15, -0.1) is 0 Å². The molecule has 4 heterocycles. The predicted molar refractivity (Wildman–Crippen MR) is 124 cm³/mol. The van der Waals surface area contributed by atoms with E-state index in [0.29, 0.717) is 40.5 Å². The summed E-state index contributed by atoms with van der Waals surface area (Å²) in [5.41, 5.74) is 4.22. The second-order valence-corrected chi connectivity index (χ2v) is 8.70. The van der Waals surface area contributed by atoms with Gasteiger partial charge in [0.15, 0.2) is 5.82 Å². The summed E-state index contributed by atoms with van der Waals surface area (Å²) in [6.07, 6.45) is 3.56. The average molecular weight is 453 g/mol. The molecule has 0 bridgehead atoms. The predicted octanol–water partition coefficient (Wildman–Crippen LogP) is 2.49. The van der Waals surface area contributed by atoms with Gasteiger partial charge in [0, 0.05) is 31.4 Å². The monoisotopic (exact) mass is 452 g/mol. The molecule has 1 aliphatic heterocycles. The molecule has 11 heteroatoms. The number of benzene rings is 1. The van der Waals surface area contributed by atoms with E-state index in [9.17, 15) is 4.79 Å². The summed E-state index contributed by atoms with van der Waals surface area (Å²) < 4.78 is 16.1. The fourth-order valence-corrected chi connectivity index (χ4v) is 4.86. The molecule has 0 aliphatic carbocycles. The van der Waals surface area contributed by atoms with Crippen molar-refractivity contribution in [3.63, 3.8) is 0 Å². The van der Waals surface area contributed by atoms with Gasteiger partial charge in [0.2, 0.25) is 5.65 Å². The van der Waals surface area contributed by atoms with Crippen molar-refractivity contribution in [3.8, 4) is 5.88 Å². The van der Waals surface area contributed by atoms with Crippen molar-refractivity contribution in [3.05, 3.63) is 35.8 Å². The third-order valence-corrected chi connectivity index (χ3v) is 6.03. The summed E-state index contributed by atoms with van der Waals surface area (Å²) in [5, 5.41) is 6.40. The first-order valence-electron chi connectivity index (χ1n) is 10.4. The second-order valence-electron chi connectivity index (χ2n) is 8.17. The Balaban J connectivity index is 1.47. The van der Waals surface area contributed by atoms with E-state index >= 15 is 0 Å². The molecule has 0 unspecified atom stereocenters. The van der Waals surface area contributed by atoms with Gasteiger partial charge in [0.05, 0.1) is 42.0 Å². The minimum Gasteiger partial charge on any atom is -0.478 e. The normalized spacial score (nSPS) is 18.9. The number of fused-ring (bicyclic) bond motifs is 2. The molecular weight excluding hydrogens is 428 g/mol. The summed E-state index contributed by atoms with van der Waals surface area (Å²) in [5.74, 6) is 0.401. The molecule has 5 rings (SSSR count). The highest BCUT2D eigenvalue weighted by atomic mass is 32.1. The van der Waals surface area contributed by atoms with Gasteiger partial charge in [-0.05, 0) is 32.9 Å². The van der Waals surface area contributed by atoms with Gasteiger partial charge in [0.1, 0.15) is 11.0 Å². The fraction of sp³-hybridized carbons (Fsp3) is 0.381. The van der Waals surface area contributed by atoms with Crippen molar-refractivity contribution in [2.75, 3.05) is 30.4 Å². The minimum absolute atomic E-state index is 0.304. The summed E-state index contributed by atoms with van der Waals surface area (Å²) in [4.78, 5) is 24.2. The summed E-state index contributed by atoms with van der Waals surface area (Å²) in [7, 11) is 1.53. The van der Waals surface area contributed by atoms with Crippen molar-refractivity contribution in [1.29, 1.82) is 0 Å². The van der Waals surface area contributed by atoms with E-state index in [0.717, 1.165) is 41.7 Å². The molecule has 32 heavy (non-hydrogen) atoms. The first kappa shape index (κ1) is 20.6. The van der Waals surface area contributed by atoms with Crippen molar-refractivity contribution < 1.29 is 9.53 Å². The van der Waals surface area contributed by atoms with Crippen LogP contribution in [0.3, 0.4) is 0 Å². The number of piperazine rings is 1. The van der Waals surface area contributed by atoms with Crippen LogP contribution in [0.15, 0.2) is 24.5 Å². The van der Waals surface area contributed by atoms with E-state index < -0.39 is 0 Å². The standard InChI is InChI=1S/C21H24N8O2S/c1-11-7-28(8-12(2)22-11)15-6-5-14(17-18(15)27-32-26-17)20(30)24-16-10-29-9-13(3)23-19(29)21(25-16)31-4/h5-6,9-12,22H,7-8H2,1-4H3,(H,24,30)/t11-,12+. The zero-order valence-corrected chi connectivity index (χ0v) is 19.1. The number of amides is 1. The van der Waals surface area contributed by atoms with Crippen molar-refractivity contribution in [2.45, 2.75) is 32.9 Å². The van der Waals surface area contributed by atoms with Gasteiger partial charge < -0.3 is 20.3 Å². The molecule has 166 valence electrons. The number of methoxy groups -OCH3 is 1. The van der Waals surface area contributed by atoms with E-state index in [2.05, 4.69) is 48.1 Å². The Hall–Kier alpha value is -3.31. The van der Waals surface area contributed by atoms with E-state index in [4.69, 9.17) is 4.74 Å². The number of aromatic nitrogens is 5. The Kier molecular flexibility index (Phi) is 5.14. The molecule has 0 radical (unpaired) electrons. The maximum atomic E-state index is 13.2. The maximum Gasteiger partial charge on any atom is 0.260 e. The lowest BCUT2D eigenvalue weighted by atomic mass is 10.1. The molecule has 0 saturated carbocycles. The number of hydrogen-bond donors (Lipinski definition) is 2. The Morgan fingerprint density at radius 1 is 1.16 bits per heavy atom. The third kappa shape index (κ3) is 3.63. The van der Waals surface area contributed by atoms with Crippen LogP contribution in [-0.2, 0) is 0 Å². The lowest BCUT2D eigenvalue weighted by molar-refractivity contribution is 0.102. The quantitative estimate of drug-likeness (QED) is 0.486. The number of rotatable bonds is 4. The number of imidazole rings is 1. The molecule has 1 aliphatic rings. The zero-order valence-electron chi connectivity index (χ0n) is 18.3. The zero-order chi connectivity index (χ0) is 22.4. The number of hydrogen-bond acceptors (Lipinski definition) is 9. The van der Waals surface area contributed by atoms with Gasteiger partial charge in [-0.1, -0.05) is 0 Å². The van der Waals surface area contributed by atoms with E-state index in [1.165, 1.54) is 7.11 Å². The van der Waals surface area contributed by atoms with Gasteiger partial charge in [-0.3, -0.25) is 9.20 Å². The topological polar surface area (TPSA) is 110 Å². The molecule has 2 N–H and O–H groups in total. The number of nitrogens with one attached hydrogen (secondary N) is 2. The van der Waals surface area contributed by atoms with Crippen molar-refractivity contribution >= 4 is 45.8 Å². The first-order valence-corrected chi connectivity index (χ1v) is 11.1. The summed E-state index contributed by atoms with van der Waals surface area (Å²) in [6.45, 7) is 7.97. The maximum absolute atomic E-state index is 13.2. The smallest absolute Gasteiger partial charge is 0.260 e. The van der Waals surface area contributed by atoms with Crippen LogP contribution in [0.25, 0.3) is 16.7 Å². The highest BCUT2D eigenvalue weighted by molar-refractivity contribution is 7.00. The lowest BCUT2D eigenvalue weighted by Crippen LogP contribution is -2.54. The van der Waals surface area contributed by atoms with E-state index in [1.807, 2.05) is 25.3 Å². The molecule has 10 nitrogen and oxygen atoms in total. The van der Waals surface area contributed by atoms with Crippen LogP contribution in [0.5, 0.6) is 5.88 Å². The molecule has 4 aromatic rings. The number of carbonyl (C=O) groups is 1. The minimum atomic E-state index is -0.304. The van der Waals surface area contributed by atoms with Crippen LogP contribution in [0.2, 0.25) is 0 Å². The molecular formula is C21H24N8O2S. The van der Waals surface area contributed by atoms with Crippen LogP contribution in [0.1, 0.15) is 29.9 Å². The molecule has 2 atom stereocenters. The summed E-state index contributed by atoms with van der Waals surface area (Å²) in [6, 6.07) is 4.50. The number of aryl methyl sites for hydroxylation is 1. The highest BCUT2D eigenvalue weighted by Crippen LogP contribution is 2.30.